The van der Waals surface area contributed by atoms with E-state index in [4.69, 9.17) is 27.9 Å². The summed E-state index contributed by atoms with van der Waals surface area (Å²) in [5.41, 5.74) is 3.20. The van der Waals surface area contributed by atoms with Crippen LogP contribution < -0.4 is 4.74 Å². The molecule has 38 heavy (non-hydrogen) atoms. The lowest BCUT2D eigenvalue weighted by Crippen LogP contribution is -2.58. The zero-order valence-corrected chi connectivity index (χ0v) is 23.9. The fourth-order valence-corrected chi connectivity index (χ4v) is 5.32. The number of piperazine rings is 1. The van der Waals surface area contributed by atoms with E-state index < -0.39 is 0 Å². The molecule has 5 rings (SSSR count). The van der Waals surface area contributed by atoms with Gasteiger partial charge in [-0.2, -0.15) is 0 Å². The standard InChI is InChI=1S/C29H28BrCl2N3O3/c30-24-6-1-21(2-7-24)15-34-11-12-35(18-28(34)36)29(37)23-16-33(17-23)14-20-3-8-25(9-4-20)38-19-22-5-10-26(31)27(32)13-22/h1-10,13,23H,11-12,14-19H2. The van der Waals surface area contributed by atoms with Crippen molar-refractivity contribution in [3.63, 3.8) is 0 Å². The van der Waals surface area contributed by atoms with Gasteiger partial charge in [0.25, 0.3) is 0 Å². The number of amides is 2. The van der Waals surface area contributed by atoms with Crippen LogP contribution in [0.1, 0.15) is 16.7 Å². The maximum atomic E-state index is 13.0. The molecule has 0 saturated carbocycles. The molecular weight excluding hydrogens is 589 g/mol. The number of halogens is 3. The molecule has 2 saturated heterocycles. The van der Waals surface area contributed by atoms with Crippen LogP contribution in [0.5, 0.6) is 5.75 Å². The molecule has 2 heterocycles. The highest BCUT2D eigenvalue weighted by Gasteiger charge is 2.37. The minimum absolute atomic E-state index is 0.00478. The van der Waals surface area contributed by atoms with E-state index in [1.165, 1.54) is 0 Å². The first-order valence-electron chi connectivity index (χ1n) is 12.5. The van der Waals surface area contributed by atoms with Crippen molar-refractivity contribution in [3.05, 3.63) is 97.9 Å². The number of carbonyl (C=O) groups excluding carboxylic acids is 2. The number of ether oxygens (including phenoxy) is 1. The van der Waals surface area contributed by atoms with Crippen molar-refractivity contribution in [2.45, 2.75) is 19.7 Å². The normalized spacial score (nSPS) is 16.4. The van der Waals surface area contributed by atoms with Crippen LogP contribution in [-0.2, 0) is 29.3 Å². The summed E-state index contributed by atoms with van der Waals surface area (Å²) in [6, 6.07) is 21.4. The van der Waals surface area contributed by atoms with Gasteiger partial charge in [-0.05, 0) is 53.1 Å². The smallest absolute Gasteiger partial charge is 0.242 e. The predicted octanol–water partition coefficient (Wildman–Crippen LogP) is 5.64. The molecule has 0 N–H and O–H groups in total. The second kappa shape index (κ2) is 12.1. The molecular formula is C29H28BrCl2N3O3. The molecule has 0 unspecified atom stereocenters. The summed E-state index contributed by atoms with van der Waals surface area (Å²) in [5, 5.41) is 1.04. The van der Waals surface area contributed by atoms with Gasteiger partial charge in [0.05, 0.1) is 22.5 Å². The summed E-state index contributed by atoms with van der Waals surface area (Å²) in [7, 11) is 0. The molecule has 3 aromatic carbocycles. The van der Waals surface area contributed by atoms with Crippen molar-refractivity contribution in [1.82, 2.24) is 14.7 Å². The molecule has 6 nitrogen and oxygen atoms in total. The highest BCUT2D eigenvalue weighted by atomic mass is 79.9. The van der Waals surface area contributed by atoms with Crippen molar-refractivity contribution in [1.29, 1.82) is 0 Å². The van der Waals surface area contributed by atoms with E-state index in [0.717, 1.165) is 33.5 Å². The summed E-state index contributed by atoms with van der Waals surface area (Å²) >= 11 is 15.5. The first-order valence-corrected chi connectivity index (χ1v) is 14.1. The highest BCUT2D eigenvalue weighted by molar-refractivity contribution is 9.10. The minimum Gasteiger partial charge on any atom is -0.489 e. The summed E-state index contributed by atoms with van der Waals surface area (Å²) in [4.78, 5) is 31.5. The van der Waals surface area contributed by atoms with Crippen molar-refractivity contribution < 1.29 is 14.3 Å². The molecule has 2 aliphatic rings. The van der Waals surface area contributed by atoms with E-state index in [-0.39, 0.29) is 24.3 Å². The van der Waals surface area contributed by atoms with E-state index in [1.807, 2.05) is 59.5 Å². The number of hydrogen-bond donors (Lipinski definition) is 0. The third kappa shape index (κ3) is 6.70. The van der Waals surface area contributed by atoms with Crippen molar-refractivity contribution in [2.75, 3.05) is 32.7 Å². The molecule has 9 heteroatoms. The van der Waals surface area contributed by atoms with Crippen LogP contribution in [0, 0.1) is 5.92 Å². The van der Waals surface area contributed by atoms with Crippen LogP contribution in [0.2, 0.25) is 10.0 Å². The fourth-order valence-electron chi connectivity index (χ4n) is 4.73. The number of benzene rings is 3. The van der Waals surface area contributed by atoms with Crippen LogP contribution in [0.3, 0.4) is 0 Å². The number of nitrogens with zero attached hydrogens (tertiary/aromatic N) is 3. The number of likely N-dealkylation sites (tertiary alicyclic amines) is 1. The molecule has 0 bridgehead atoms. The van der Waals surface area contributed by atoms with Gasteiger partial charge in [0.2, 0.25) is 11.8 Å². The second-order valence-electron chi connectivity index (χ2n) is 9.77. The number of carbonyl (C=O) groups is 2. The molecule has 2 fully saturated rings. The zero-order chi connectivity index (χ0) is 26.6. The minimum atomic E-state index is -0.0466. The van der Waals surface area contributed by atoms with Crippen LogP contribution >= 0.6 is 39.1 Å². The van der Waals surface area contributed by atoms with Crippen LogP contribution in [0.15, 0.2) is 71.2 Å². The Labute approximate surface area is 241 Å². The van der Waals surface area contributed by atoms with Gasteiger partial charge in [-0.1, -0.05) is 69.5 Å². The Hall–Kier alpha value is -2.58. The maximum Gasteiger partial charge on any atom is 0.242 e. The summed E-state index contributed by atoms with van der Waals surface area (Å²) in [6.07, 6.45) is 0. The van der Waals surface area contributed by atoms with Crippen molar-refractivity contribution in [3.8, 4) is 5.75 Å². The summed E-state index contributed by atoms with van der Waals surface area (Å²) in [5.74, 6) is 0.823. The highest BCUT2D eigenvalue weighted by Crippen LogP contribution is 2.25. The Morgan fingerprint density at radius 2 is 1.53 bits per heavy atom. The van der Waals surface area contributed by atoms with Gasteiger partial charge in [0, 0.05) is 43.7 Å². The Bertz CT molecular complexity index is 1300. The van der Waals surface area contributed by atoms with E-state index in [1.54, 1.807) is 17.0 Å². The lowest BCUT2D eigenvalue weighted by Gasteiger charge is -2.42. The second-order valence-corrected chi connectivity index (χ2v) is 11.5. The monoisotopic (exact) mass is 615 g/mol. The van der Waals surface area contributed by atoms with Crippen molar-refractivity contribution >= 4 is 50.9 Å². The third-order valence-electron chi connectivity index (χ3n) is 6.94. The van der Waals surface area contributed by atoms with E-state index in [2.05, 4.69) is 20.8 Å². The molecule has 0 spiro atoms. The molecule has 3 aromatic rings. The predicted molar refractivity (Wildman–Crippen MR) is 152 cm³/mol. The first-order chi connectivity index (χ1) is 18.3. The van der Waals surface area contributed by atoms with Gasteiger partial charge in [-0.25, -0.2) is 0 Å². The Balaban J connectivity index is 1.04. The van der Waals surface area contributed by atoms with Crippen LogP contribution in [0.25, 0.3) is 0 Å². The van der Waals surface area contributed by atoms with Crippen LogP contribution in [0.4, 0.5) is 0 Å². The Morgan fingerprint density at radius 3 is 2.21 bits per heavy atom. The third-order valence-corrected chi connectivity index (χ3v) is 8.21. The number of rotatable bonds is 8. The molecule has 0 aliphatic carbocycles. The Morgan fingerprint density at radius 1 is 0.868 bits per heavy atom. The first kappa shape index (κ1) is 27.0. The van der Waals surface area contributed by atoms with Crippen LogP contribution in [-0.4, -0.2) is 59.2 Å². The topological polar surface area (TPSA) is 53.1 Å². The van der Waals surface area contributed by atoms with Crippen molar-refractivity contribution in [2.24, 2.45) is 5.92 Å². The summed E-state index contributed by atoms with van der Waals surface area (Å²) < 4.78 is 6.87. The fraction of sp³-hybridized carbons (Fsp3) is 0.310. The Kier molecular flexibility index (Phi) is 8.58. The molecule has 0 atom stereocenters. The van der Waals surface area contributed by atoms with E-state index >= 15 is 0 Å². The number of hydrogen-bond acceptors (Lipinski definition) is 4. The molecule has 198 valence electrons. The summed E-state index contributed by atoms with van der Waals surface area (Å²) in [6.45, 7) is 4.49. The van der Waals surface area contributed by atoms with Gasteiger partial charge in [-0.15, -0.1) is 0 Å². The maximum absolute atomic E-state index is 13.0. The van der Waals surface area contributed by atoms with Gasteiger partial charge >= 0.3 is 0 Å². The van der Waals surface area contributed by atoms with Gasteiger partial charge < -0.3 is 14.5 Å². The van der Waals surface area contributed by atoms with Gasteiger partial charge in [0.15, 0.2) is 0 Å². The average Bonchev–Trinajstić information content (AvgIpc) is 2.89. The quantitative estimate of drug-likeness (QED) is 0.329. The van der Waals surface area contributed by atoms with E-state index in [9.17, 15) is 9.59 Å². The van der Waals surface area contributed by atoms with Gasteiger partial charge in [0.1, 0.15) is 12.4 Å². The molecule has 2 aliphatic heterocycles. The molecule has 2 amide bonds. The largest absolute Gasteiger partial charge is 0.489 e. The average molecular weight is 617 g/mol. The molecule has 0 aromatic heterocycles. The van der Waals surface area contributed by atoms with Gasteiger partial charge in [-0.3, -0.25) is 14.5 Å². The molecule has 0 radical (unpaired) electrons. The SMILES string of the molecule is O=C1CN(C(=O)C2CN(Cc3ccc(OCc4ccc(Cl)c(Cl)c4)cc3)C2)CCN1Cc1ccc(Br)cc1. The lowest BCUT2D eigenvalue weighted by molar-refractivity contribution is -0.151. The lowest BCUT2D eigenvalue weighted by atomic mass is 9.97. The van der Waals surface area contributed by atoms with E-state index in [0.29, 0.717) is 49.4 Å². The zero-order valence-electron chi connectivity index (χ0n) is 20.8.